The minimum atomic E-state index is 0.183. The molecule has 7 heteroatoms. The number of hydrogen-bond donors (Lipinski definition) is 1. The number of nitrogens with zero attached hydrogens (tertiary/aromatic N) is 4. The molecule has 0 aromatic carbocycles. The Bertz CT molecular complexity index is 634. The predicted molar refractivity (Wildman–Crippen MR) is 108 cm³/mol. The predicted octanol–water partition coefficient (Wildman–Crippen LogP) is 1.51. The molecule has 0 bridgehead atoms. The lowest BCUT2D eigenvalue weighted by Gasteiger charge is -2.43. The van der Waals surface area contributed by atoms with Gasteiger partial charge < -0.3 is 9.64 Å². The molecule has 7 nitrogen and oxygen atoms in total. The van der Waals surface area contributed by atoms with Crippen molar-refractivity contribution in [2.45, 2.75) is 51.6 Å². The van der Waals surface area contributed by atoms with Crippen molar-refractivity contribution in [1.82, 2.24) is 24.9 Å². The first-order valence-corrected chi connectivity index (χ1v) is 11.1. The molecular formula is C21H35N5O2. The highest BCUT2D eigenvalue weighted by atomic mass is 16.5. The maximum atomic E-state index is 12.9. The molecule has 1 N–H and O–H groups in total. The van der Waals surface area contributed by atoms with Crippen molar-refractivity contribution in [2.24, 2.45) is 5.92 Å². The Morgan fingerprint density at radius 1 is 1.18 bits per heavy atom. The normalized spacial score (nSPS) is 25.9. The van der Waals surface area contributed by atoms with Gasteiger partial charge in [-0.25, -0.2) is 0 Å². The van der Waals surface area contributed by atoms with Crippen LogP contribution in [-0.4, -0.2) is 89.3 Å². The fourth-order valence-corrected chi connectivity index (χ4v) is 4.94. The Balaban J connectivity index is 1.25. The number of aromatic nitrogens is 2. The zero-order valence-corrected chi connectivity index (χ0v) is 17.2. The van der Waals surface area contributed by atoms with Crippen LogP contribution in [0.25, 0.3) is 0 Å². The summed E-state index contributed by atoms with van der Waals surface area (Å²) in [5.74, 6) is 0.541. The summed E-state index contributed by atoms with van der Waals surface area (Å²) in [7, 11) is 0. The van der Waals surface area contributed by atoms with E-state index in [1.807, 2.05) is 4.90 Å². The Hall–Kier alpha value is -1.44. The van der Waals surface area contributed by atoms with E-state index in [1.54, 1.807) is 0 Å². The van der Waals surface area contributed by atoms with Gasteiger partial charge in [0.25, 0.3) is 0 Å². The second kappa shape index (κ2) is 9.37. The molecular weight excluding hydrogens is 354 g/mol. The average molecular weight is 390 g/mol. The van der Waals surface area contributed by atoms with Gasteiger partial charge in [0.2, 0.25) is 5.91 Å². The summed E-state index contributed by atoms with van der Waals surface area (Å²) < 4.78 is 5.40. The number of nitrogens with one attached hydrogen (secondary N) is 1. The molecule has 1 aromatic heterocycles. The number of likely N-dealkylation sites (tertiary alicyclic amines) is 2. The minimum Gasteiger partial charge on any atom is -0.378 e. The van der Waals surface area contributed by atoms with Gasteiger partial charge in [-0.1, -0.05) is 6.92 Å². The number of aryl methyl sites for hydroxylation is 1. The third kappa shape index (κ3) is 4.75. The Morgan fingerprint density at radius 3 is 2.68 bits per heavy atom. The van der Waals surface area contributed by atoms with E-state index in [4.69, 9.17) is 4.74 Å². The highest BCUT2D eigenvalue weighted by Crippen LogP contribution is 2.26. The van der Waals surface area contributed by atoms with Crippen molar-refractivity contribution < 1.29 is 9.53 Å². The Labute approximate surface area is 168 Å². The summed E-state index contributed by atoms with van der Waals surface area (Å²) in [6, 6.07) is 2.82. The van der Waals surface area contributed by atoms with Crippen molar-refractivity contribution in [3.8, 4) is 0 Å². The van der Waals surface area contributed by atoms with E-state index in [0.29, 0.717) is 25.2 Å². The molecule has 0 aliphatic carbocycles. The lowest BCUT2D eigenvalue weighted by atomic mass is 9.92. The van der Waals surface area contributed by atoms with E-state index in [9.17, 15) is 4.79 Å². The van der Waals surface area contributed by atoms with Crippen molar-refractivity contribution >= 4 is 5.91 Å². The van der Waals surface area contributed by atoms with Gasteiger partial charge >= 0.3 is 0 Å². The molecule has 3 aliphatic rings. The summed E-state index contributed by atoms with van der Waals surface area (Å²) in [4.78, 5) is 20.1. The van der Waals surface area contributed by atoms with Crippen LogP contribution < -0.4 is 0 Å². The molecule has 4 heterocycles. The van der Waals surface area contributed by atoms with Crippen molar-refractivity contribution in [3.05, 3.63) is 17.5 Å². The number of rotatable bonds is 5. The van der Waals surface area contributed by atoms with Gasteiger partial charge in [0, 0.05) is 51.0 Å². The van der Waals surface area contributed by atoms with Gasteiger partial charge in [-0.15, -0.1) is 0 Å². The quantitative estimate of drug-likeness (QED) is 0.827. The number of aromatic amines is 1. The van der Waals surface area contributed by atoms with E-state index < -0.39 is 0 Å². The van der Waals surface area contributed by atoms with Crippen LogP contribution in [0.15, 0.2) is 6.07 Å². The van der Waals surface area contributed by atoms with E-state index in [-0.39, 0.29) is 5.92 Å². The van der Waals surface area contributed by atoms with E-state index >= 15 is 0 Å². The lowest BCUT2D eigenvalue weighted by Crippen LogP contribution is -2.52. The number of amides is 1. The van der Waals surface area contributed by atoms with E-state index in [2.05, 4.69) is 33.0 Å². The number of ether oxygens (including phenoxy) is 1. The molecule has 1 amide bonds. The van der Waals surface area contributed by atoms with Gasteiger partial charge in [0.1, 0.15) is 0 Å². The summed E-state index contributed by atoms with van der Waals surface area (Å²) in [6.45, 7) is 10.4. The maximum absolute atomic E-state index is 12.9. The summed E-state index contributed by atoms with van der Waals surface area (Å²) in [5, 5.41) is 7.52. The molecule has 3 fully saturated rings. The lowest BCUT2D eigenvalue weighted by molar-refractivity contribution is -0.142. The number of piperidine rings is 2. The molecule has 1 atom stereocenters. The third-order valence-electron chi connectivity index (χ3n) is 6.64. The summed E-state index contributed by atoms with van der Waals surface area (Å²) >= 11 is 0. The molecule has 1 aromatic rings. The fourth-order valence-electron chi connectivity index (χ4n) is 4.94. The SMILES string of the molecule is CCc1cc(CN2CCC(N3CCC[C@H](C(=O)N4CCOCC4)C3)CC2)[nH]n1. The van der Waals surface area contributed by atoms with Gasteiger partial charge in [0.05, 0.1) is 24.8 Å². The Morgan fingerprint density at radius 2 is 1.96 bits per heavy atom. The third-order valence-corrected chi connectivity index (χ3v) is 6.64. The molecule has 28 heavy (non-hydrogen) atoms. The maximum Gasteiger partial charge on any atom is 0.227 e. The minimum absolute atomic E-state index is 0.183. The van der Waals surface area contributed by atoms with Crippen LogP contribution in [0.5, 0.6) is 0 Å². The van der Waals surface area contributed by atoms with Crippen LogP contribution in [-0.2, 0) is 22.5 Å². The molecule has 0 saturated carbocycles. The van der Waals surface area contributed by atoms with Gasteiger partial charge in [-0.2, -0.15) is 5.10 Å². The standard InChI is InChI=1S/C21H35N5O2/c1-2-18-14-19(23-22-18)16-24-8-5-20(6-9-24)26-7-3-4-17(15-26)21(27)25-10-12-28-13-11-25/h14,17,20H,2-13,15-16H2,1H3,(H,22,23)/t17-/m0/s1. The van der Waals surface area contributed by atoms with Crippen LogP contribution in [0.4, 0.5) is 0 Å². The van der Waals surface area contributed by atoms with Gasteiger partial charge in [-0.05, 0) is 44.7 Å². The molecule has 0 radical (unpaired) electrons. The zero-order chi connectivity index (χ0) is 19.3. The van der Waals surface area contributed by atoms with E-state index in [0.717, 1.165) is 70.8 Å². The monoisotopic (exact) mass is 389 g/mol. The number of carbonyl (C=O) groups is 1. The Kier molecular flexibility index (Phi) is 6.65. The molecule has 156 valence electrons. The highest BCUT2D eigenvalue weighted by molar-refractivity contribution is 5.79. The summed E-state index contributed by atoms with van der Waals surface area (Å²) in [5.41, 5.74) is 2.37. The van der Waals surface area contributed by atoms with Gasteiger partial charge in [0.15, 0.2) is 0 Å². The van der Waals surface area contributed by atoms with Crippen LogP contribution in [0, 0.1) is 5.92 Å². The molecule has 3 aliphatic heterocycles. The first-order valence-electron chi connectivity index (χ1n) is 11.1. The van der Waals surface area contributed by atoms with Crippen LogP contribution >= 0.6 is 0 Å². The highest BCUT2D eigenvalue weighted by Gasteiger charge is 2.33. The number of carbonyl (C=O) groups excluding carboxylic acids is 1. The topological polar surface area (TPSA) is 64.7 Å². The first-order chi connectivity index (χ1) is 13.7. The van der Waals surface area contributed by atoms with Crippen molar-refractivity contribution in [3.63, 3.8) is 0 Å². The van der Waals surface area contributed by atoms with Crippen LogP contribution in [0.2, 0.25) is 0 Å². The number of hydrogen-bond acceptors (Lipinski definition) is 5. The second-order valence-corrected chi connectivity index (χ2v) is 8.52. The average Bonchev–Trinajstić information content (AvgIpc) is 3.22. The van der Waals surface area contributed by atoms with Crippen molar-refractivity contribution in [1.29, 1.82) is 0 Å². The summed E-state index contributed by atoms with van der Waals surface area (Å²) in [6.07, 6.45) is 5.58. The van der Waals surface area contributed by atoms with E-state index in [1.165, 1.54) is 18.5 Å². The fraction of sp³-hybridized carbons (Fsp3) is 0.810. The molecule has 3 saturated heterocycles. The second-order valence-electron chi connectivity index (χ2n) is 8.52. The first kappa shape index (κ1) is 19.9. The largest absolute Gasteiger partial charge is 0.378 e. The van der Waals surface area contributed by atoms with Crippen LogP contribution in [0.1, 0.15) is 44.0 Å². The number of H-pyrrole nitrogens is 1. The molecule has 0 spiro atoms. The zero-order valence-electron chi connectivity index (χ0n) is 17.2. The van der Waals surface area contributed by atoms with Crippen LogP contribution in [0.3, 0.4) is 0 Å². The molecule has 0 unspecified atom stereocenters. The van der Waals surface area contributed by atoms with Crippen molar-refractivity contribution in [2.75, 3.05) is 52.5 Å². The molecule has 4 rings (SSSR count). The number of morpholine rings is 1. The smallest absolute Gasteiger partial charge is 0.227 e. The van der Waals surface area contributed by atoms with Gasteiger partial charge in [-0.3, -0.25) is 19.7 Å².